The first-order valence-electron chi connectivity index (χ1n) is 8.18. The zero-order valence-corrected chi connectivity index (χ0v) is 14.7. The molecule has 0 atom stereocenters. The van der Waals surface area contributed by atoms with Crippen molar-refractivity contribution >= 4 is 40.9 Å². The Labute approximate surface area is 152 Å². The smallest absolute Gasteiger partial charge is 0.248 e. The molecule has 2 amide bonds. The number of hydrogen-bond donors (Lipinski definition) is 1. The minimum Gasteiger partial charge on any atom is -0.322 e. The third-order valence-corrected chi connectivity index (χ3v) is 4.39. The van der Waals surface area contributed by atoms with Crippen LogP contribution in [0.5, 0.6) is 0 Å². The second-order valence-electron chi connectivity index (χ2n) is 6.02. The quantitative estimate of drug-likeness (QED) is 0.826. The second kappa shape index (κ2) is 7.53. The van der Waals surface area contributed by atoms with E-state index in [0.29, 0.717) is 11.4 Å². The Bertz CT molecular complexity index is 828. The van der Waals surface area contributed by atoms with E-state index in [1.54, 1.807) is 29.2 Å². The largest absolute Gasteiger partial charge is 0.322 e. The van der Waals surface area contributed by atoms with Gasteiger partial charge in [-0.3, -0.25) is 9.59 Å². The lowest BCUT2D eigenvalue weighted by molar-refractivity contribution is -0.117. The molecule has 2 aromatic rings. The van der Waals surface area contributed by atoms with Gasteiger partial charge in [0.15, 0.2) is 0 Å². The predicted octanol–water partition coefficient (Wildman–Crippen LogP) is 4.43. The van der Waals surface area contributed by atoms with Crippen LogP contribution in [0, 0.1) is 6.92 Å². The molecule has 0 aromatic heterocycles. The zero-order chi connectivity index (χ0) is 17.8. The fourth-order valence-electron chi connectivity index (χ4n) is 2.80. The highest BCUT2D eigenvalue weighted by molar-refractivity contribution is 6.30. The number of rotatable bonds is 4. The van der Waals surface area contributed by atoms with Crippen LogP contribution in [0.1, 0.15) is 24.0 Å². The van der Waals surface area contributed by atoms with Gasteiger partial charge in [0.2, 0.25) is 11.8 Å². The lowest BCUT2D eigenvalue weighted by Crippen LogP contribution is -2.23. The molecular weight excluding hydrogens is 336 g/mol. The number of nitrogens with one attached hydrogen (secondary N) is 1. The summed E-state index contributed by atoms with van der Waals surface area (Å²) >= 11 is 5.91. The van der Waals surface area contributed by atoms with E-state index in [2.05, 4.69) is 5.32 Å². The lowest BCUT2D eigenvalue weighted by atomic mass is 10.1. The van der Waals surface area contributed by atoms with Gasteiger partial charge < -0.3 is 10.2 Å². The third-order valence-electron chi connectivity index (χ3n) is 4.15. The molecule has 0 spiro atoms. The molecule has 3 rings (SSSR count). The van der Waals surface area contributed by atoms with Gasteiger partial charge in [-0.1, -0.05) is 23.7 Å². The number of amides is 2. The highest BCUT2D eigenvalue weighted by Gasteiger charge is 2.21. The van der Waals surface area contributed by atoms with Crippen LogP contribution in [0.4, 0.5) is 11.4 Å². The highest BCUT2D eigenvalue weighted by Crippen LogP contribution is 2.22. The van der Waals surface area contributed by atoms with Crippen molar-refractivity contribution in [2.45, 2.75) is 19.8 Å². The summed E-state index contributed by atoms with van der Waals surface area (Å²) in [6.07, 6.45) is 4.76. The summed E-state index contributed by atoms with van der Waals surface area (Å²) < 4.78 is 0. The number of carbonyl (C=O) groups excluding carboxylic acids is 2. The number of benzene rings is 2. The van der Waals surface area contributed by atoms with E-state index < -0.39 is 0 Å². The van der Waals surface area contributed by atoms with Gasteiger partial charge in [-0.15, -0.1) is 0 Å². The van der Waals surface area contributed by atoms with Gasteiger partial charge in [-0.2, -0.15) is 0 Å². The van der Waals surface area contributed by atoms with Gasteiger partial charge >= 0.3 is 0 Å². The second-order valence-corrected chi connectivity index (χ2v) is 6.46. The van der Waals surface area contributed by atoms with Crippen molar-refractivity contribution in [1.29, 1.82) is 0 Å². The molecule has 4 nitrogen and oxygen atoms in total. The fourth-order valence-corrected chi connectivity index (χ4v) is 3.03. The van der Waals surface area contributed by atoms with Gasteiger partial charge in [0, 0.05) is 35.4 Å². The van der Waals surface area contributed by atoms with Gasteiger partial charge in [-0.05, 0) is 60.9 Å². The first-order valence-corrected chi connectivity index (χ1v) is 8.56. The lowest BCUT2D eigenvalue weighted by Gasteiger charge is -2.15. The van der Waals surface area contributed by atoms with Crippen LogP contribution in [0.25, 0.3) is 6.08 Å². The molecule has 5 heteroatoms. The van der Waals surface area contributed by atoms with Crippen LogP contribution in [0.2, 0.25) is 5.02 Å². The first-order chi connectivity index (χ1) is 12.0. The van der Waals surface area contributed by atoms with Gasteiger partial charge in [0.1, 0.15) is 0 Å². The van der Waals surface area contributed by atoms with E-state index in [4.69, 9.17) is 11.6 Å². The van der Waals surface area contributed by atoms with Crippen LogP contribution in [-0.4, -0.2) is 18.4 Å². The molecule has 128 valence electrons. The topological polar surface area (TPSA) is 49.4 Å². The van der Waals surface area contributed by atoms with Crippen LogP contribution >= 0.6 is 11.6 Å². The minimum absolute atomic E-state index is 0.168. The molecule has 1 N–H and O–H groups in total. The molecule has 0 bridgehead atoms. The Morgan fingerprint density at radius 2 is 1.96 bits per heavy atom. The summed E-state index contributed by atoms with van der Waals surface area (Å²) in [4.78, 5) is 25.6. The standard InChI is InChI=1S/C20H19ClN2O2/c1-14-13-16(21)7-10-18(14)22-19(24)11-6-15-4-8-17(9-5-15)23-12-2-3-20(23)25/h4-11,13H,2-3,12H2,1H3,(H,22,24)/b11-6+. The van der Waals surface area contributed by atoms with Crippen molar-refractivity contribution in [2.24, 2.45) is 0 Å². The Hall–Kier alpha value is -2.59. The van der Waals surface area contributed by atoms with Gasteiger partial charge in [-0.25, -0.2) is 0 Å². The molecule has 1 saturated heterocycles. The summed E-state index contributed by atoms with van der Waals surface area (Å²) in [5.41, 5.74) is 3.45. The third kappa shape index (κ3) is 4.28. The van der Waals surface area contributed by atoms with E-state index in [1.165, 1.54) is 6.08 Å². The van der Waals surface area contributed by atoms with Crippen molar-refractivity contribution in [1.82, 2.24) is 0 Å². The summed E-state index contributed by atoms with van der Waals surface area (Å²) in [5.74, 6) is -0.0368. The average Bonchev–Trinajstić information content (AvgIpc) is 3.02. The molecule has 25 heavy (non-hydrogen) atoms. The molecule has 0 saturated carbocycles. The van der Waals surface area contributed by atoms with Crippen molar-refractivity contribution in [3.63, 3.8) is 0 Å². The van der Waals surface area contributed by atoms with Crippen molar-refractivity contribution in [3.8, 4) is 0 Å². The summed E-state index contributed by atoms with van der Waals surface area (Å²) in [6, 6.07) is 12.9. The van der Waals surface area contributed by atoms with E-state index in [0.717, 1.165) is 35.5 Å². The predicted molar refractivity (Wildman–Crippen MR) is 102 cm³/mol. The Kier molecular flexibility index (Phi) is 5.19. The first kappa shape index (κ1) is 17.2. The minimum atomic E-state index is -0.204. The fraction of sp³-hybridized carbons (Fsp3) is 0.200. The van der Waals surface area contributed by atoms with Crippen molar-refractivity contribution < 1.29 is 9.59 Å². The summed E-state index contributed by atoms with van der Waals surface area (Å²) in [7, 11) is 0. The maximum absolute atomic E-state index is 12.1. The van der Waals surface area contributed by atoms with Crippen LogP contribution in [0.15, 0.2) is 48.5 Å². The number of nitrogens with zero attached hydrogens (tertiary/aromatic N) is 1. The molecule has 1 aliphatic rings. The molecule has 1 aliphatic heterocycles. The molecule has 0 radical (unpaired) electrons. The molecule has 1 heterocycles. The SMILES string of the molecule is Cc1cc(Cl)ccc1NC(=O)/C=C/c1ccc(N2CCCC2=O)cc1. The van der Waals surface area contributed by atoms with Gasteiger partial charge in [0.05, 0.1) is 0 Å². The van der Waals surface area contributed by atoms with Crippen LogP contribution in [-0.2, 0) is 9.59 Å². The molecule has 1 fully saturated rings. The number of carbonyl (C=O) groups is 2. The van der Waals surface area contributed by atoms with Crippen LogP contribution < -0.4 is 10.2 Å². The number of halogens is 1. The molecule has 0 aliphatic carbocycles. The highest BCUT2D eigenvalue weighted by atomic mass is 35.5. The summed E-state index contributed by atoms with van der Waals surface area (Å²) in [5, 5.41) is 3.47. The Morgan fingerprint density at radius 3 is 2.60 bits per heavy atom. The molecular formula is C20H19ClN2O2. The zero-order valence-electron chi connectivity index (χ0n) is 14.0. The maximum atomic E-state index is 12.1. The monoisotopic (exact) mass is 354 g/mol. The maximum Gasteiger partial charge on any atom is 0.248 e. The van der Waals surface area contributed by atoms with E-state index >= 15 is 0 Å². The average molecular weight is 355 g/mol. The number of hydrogen-bond acceptors (Lipinski definition) is 2. The van der Waals surface area contributed by atoms with E-state index in [-0.39, 0.29) is 11.8 Å². The molecule has 0 unspecified atom stereocenters. The Morgan fingerprint density at radius 1 is 1.20 bits per heavy atom. The summed E-state index contributed by atoms with van der Waals surface area (Å²) in [6.45, 7) is 2.67. The van der Waals surface area contributed by atoms with Gasteiger partial charge in [0.25, 0.3) is 0 Å². The van der Waals surface area contributed by atoms with Crippen molar-refractivity contribution in [2.75, 3.05) is 16.8 Å². The number of aryl methyl sites for hydroxylation is 1. The van der Waals surface area contributed by atoms with Crippen LogP contribution in [0.3, 0.4) is 0 Å². The van der Waals surface area contributed by atoms with E-state index in [9.17, 15) is 9.59 Å². The van der Waals surface area contributed by atoms with E-state index in [1.807, 2.05) is 31.2 Å². The van der Waals surface area contributed by atoms with Crippen molar-refractivity contribution in [3.05, 3.63) is 64.7 Å². The number of anilines is 2. The molecule has 2 aromatic carbocycles. The Balaban J connectivity index is 1.63. The normalized spacial score (nSPS) is 14.3.